The van der Waals surface area contributed by atoms with Gasteiger partial charge in [-0.25, -0.2) is 0 Å². The lowest BCUT2D eigenvalue weighted by Gasteiger charge is -2.21. The van der Waals surface area contributed by atoms with Crippen molar-refractivity contribution in [3.8, 4) is 0 Å². The van der Waals surface area contributed by atoms with Crippen LogP contribution < -0.4 is 0 Å². The fraction of sp³-hybridized carbons (Fsp3) is 0.286. The molecule has 3 aromatic rings. The number of hydrogen-bond donors (Lipinski definition) is 0. The fourth-order valence-electron chi connectivity index (χ4n) is 2.63. The Bertz CT molecular complexity index is 680. The van der Waals surface area contributed by atoms with Gasteiger partial charge >= 0.3 is 0 Å². The zero-order valence-corrected chi connectivity index (χ0v) is 15.1. The number of aromatic nitrogens is 3. The standard InChI is InChI=1S/C21H24N4/c1-16-4-7-19(22-10-16)13-25(14-20-8-5-17(2)11-23-20)15-21-9-6-18(3)12-24-21/h4-12H,13-15H2,1-3H3. The van der Waals surface area contributed by atoms with Crippen LogP contribution in [0.15, 0.2) is 55.0 Å². The van der Waals surface area contributed by atoms with Gasteiger partial charge in [0.15, 0.2) is 0 Å². The van der Waals surface area contributed by atoms with Gasteiger partial charge in [-0.2, -0.15) is 0 Å². The van der Waals surface area contributed by atoms with Crippen LogP contribution in [-0.2, 0) is 19.6 Å². The molecule has 0 atom stereocenters. The molecule has 0 fully saturated rings. The third-order valence-electron chi connectivity index (χ3n) is 4.07. The Morgan fingerprint density at radius 3 is 1.12 bits per heavy atom. The summed E-state index contributed by atoms with van der Waals surface area (Å²) in [6, 6.07) is 12.6. The molecular weight excluding hydrogens is 308 g/mol. The predicted molar refractivity (Wildman–Crippen MR) is 99.9 cm³/mol. The first-order chi connectivity index (χ1) is 12.1. The van der Waals surface area contributed by atoms with Crippen molar-refractivity contribution in [1.29, 1.82) is 0 Å². The highest BCUT2D eigenvalue weighted by atomic mass is 15.1. The largest absolute Gasteiger partial charge is 0.286 e. The van der Waals surface area contributed by atoms with E-state index in [1.54, 1.807) is 0 Å². The van der Waals surface area contributed by atoms with Crippen molar-refractivity contribution in [3.05, 3.63) is 88.8 Å². The van der Waals surface area contributed by atoms with Crippen molar-refractivity contribution < 1.29 is 0 Å². The van der Waals surface area contributed by atoms with Gasteiger partial charge in [0.05, 0.1) is 17.1 Å². The summed E-state index contributed by atoms with van der Waals surface area (Å²) < 4.78 is 0. The van der Waals surface area contributed by atoms with Gasteiger partial charge in [-0.05, 0) is 55.7 Å². The van der Waals surface area contributed by atoms with Crippen LogP contribution in [0.5, 0.6) is 0 Å². The summed E-state index contributed by atoms with van der Waals surface area (Å²) in [5.41, 5.74) is 6.71. The van der Waals surface area contributed by atoms with Gasteiger partial charge in [0.1, 0.15) is 0 Å². The fourth-order valence-corrected chi connectivity index (χ4v) is 2.63. The van der Waals surface area contributed by atoms with E-state index in [1.165, 1.54) is 16.7 Å². The Morgan fingerprint density at radius 1 is 0.560 bits per heavy atom. The third-order valence-corrected chi connectivity index (χ3v) is 4.07. The SMILES string of the molecule is Cc1ccc(CN(Cc2ccc(C)cn2)Cc2ccc(C)cn2)nc1. The number of aryl methyl sites for hydroxylation is 3. The lowest BCUT2D eigenvalue weighted by Crippen LogP contribution is -2.24. The van der Waals surface area contributed by atoms with E-state index >= 15 is 0 Å². The Morgan fingerprint density at radius 2 is 0.880 bits per heavy atom. The van der Waals surface area contributed by atoms with Crippen LogP contribution in [0.4, 0.5) is 0 Å². The van der Waals surface area contributed by atoms with Crippen molar-refractivity contribution in [3.63, 3.8) is 0 Å². The van der Waals surface area contributed by atoms with E-state index in [0.717, 1.165) is 36.7 Å². The number of hydrogen-bond acceptors (Lipinski definition) is 4. The van der Waals surface area contributed by atoms with Gasteiger partial charge in [-0.3, -0.25) is 19.9 Å². The van der Waals surface area contributed by atoms with E-state index in [0.29, 0.717) is 0 Å². The monoisotopic (exact) mass is 332 g/mol. The second kappa shape index (κ2) is 7.99. The van der Waals surface area contributed by atoms with Crippen LogP contribution in [0.3, 0.4) is 0 Å². The molecule has 128 valence electrons. The summed E-state index contributed by atoms with van der Waals surface area (Å²) in [7, 11) is 0. The van der Waals surface area contributed by atoms with E-state index in [-0.39, 0.29) is 0 Å². The number of rotatable bonds is 6. The van der Waals surface area contributed by atoms with Gasteiger partial charge in [0.25, 0.3) is 0 Å². The number of nitrogens with zero attached hydrogens (tertiary/aromatic N) is 4. The first-order valence-corrected chi connectivity index (χ1v) is 8.55. The van der Waals surface area contributed by atoms with Crippen molar-refractivity contribution in [2.45, 2.75) is 40.4 Å². The summed E-state index contributed by atoms with van der Waals surface area (Å²) in [4.78, 5) is 16.0. The predicted octanol–water partition coefficient (Wildman–Crippen LogP) is 4.00. The quantitative estimate of drug-likeness (QED) is 0.684. The summed E-state index contributed by atoms with van der Waals surface area (Å²) >= 11 is 0. The second-order valence-corrected chi connectivity index (χ2v) is 6.63. The molecule has 0 saturated carbocycles. The smallest absolute Gasteiger partial charge is 0.0544 e. The van der Waals surface area contributed by atoms with Crippen LogP contribution in [0, 0.1) is 20.8 Å². The molecule has 3 rings (SSSR count). The average Bonchev–Trinajstić information content (AvgIpc) is 2.61. The summed E-state index contributed by atoms with van der Waals surface area (Å²) in [5.74, 6) is 0. The first-order valence-electron chi connectivity index (χ1n) is 8.55. The molecule has 0 aliphatic rings. The highest BCUT2D eigenvalue weighted by Gasteiger charge is 2.11. The zero-order chi connectivity index (χ0) is 17.6. The van der Waals surface area contributed by atoms with Crippen LogP contribution in [0.1, 0.15) is 33.8 Å². The summed E-state index contributed by atoms with van der Waals surface area (Å²) in [5, 5.41) is 0. The Balaban J connectivity index is 1.77. The lowest BCUT2D eigenvalue weighted by atomic mass is 10.2. The van der Waals surface area contributed by atoms with Crippen LogP contribution >= 0.6 is 0 Å². The van der Waals surface area contributed by atoms with E-state index in [1.807, 2.05) is 18.6 Å². The molecule has 0 spiro atoms. The van der Waals surface area contributed by atoms with E-state index < -0.39 is 0 Å². The molecule has 4 heteroatoms. The average molecular weight is 332 g/mol. The molecular formula is C21H24N4. The Labute approximate surface area is 149 Å². The maximum atomic E-state index is 4.55. The molecule has 0 saturated heterocycles. The third kappa shape index (κ3) is 5.19. The van der Waals surface area contributed by atoms with Gasteiger partial charge in [0.2, 0.25) is 0 Å². The second-order valence-electron chi connectivity index (χ2n) is 6.63. The molecule has 0 radical (unpaired) electrons. The molecule has 0 bridgehead atoms. The molecule has 4 nitrogen and oxygen atoms in total. The summed E-state index contributed by atoms with van der Waals surface area (Å²) in [6.07, 6.45) is 5.76. The highest BCUT2D eigenvalue weighted by Crippen LogP contribution is 2.12. The maximum absolute atomic E-state index is 4.55. The minimum atomic E-state index is 0.769. The number of pyridine rings is 3. The summed E-state index contributed by atoms with van der Waals surface area (Å²) in [6.45, 7) is 8.48. The van der Waals surface area contributed by atoms with E-state index in [9.17, 15) is 0 Å². The van der Waals surface area contributed by atoms with Crippen molar-refractivity contribution >= 4 is 0 Å². The molecule has 3 heterocycles. The minimum absolute atomic E-state index is 0.769. The van der Waals surface area contributed by atoms with Gasteiger partial charge < -0.3 is 0 Å². The molecule has 0 N–H and O–H groups in total. The van der Waals surface area contributed by atoms with E-state index in [4.69, 9.17) is 0 Å². The first kappa shape index (κ1) is 17.2. The molecule has 3 aromatic heterocycles. The van der Waals surface area contributed by atoms with Crippen LogP contribution in [-0.4, -0.2) is 19.9 Å². The molecule has 0 unspecified atom stereocenters. The van der Waals surface area contributed by atoms with Gasteiger partial charge in [0, 0.05) is 38.2 Å². The molecule has 0 amide bonds. The van der Waals surface area contributed by atoms with Gasteiger partial charge in [-0.15, -0.1) is 0 Å². The van der Waals surface area contributed by atoms with Crippen molar-refractivity contribution in [2.75, 3.05) is 0 Å². The lowest BCUT2D eigenvalue weighted by molar-refractivity contribution is 0.239. The topological polar surface area (TPSA) is 41.9 Å². The Hall–Kier alpha value is -2.59. The van der Waals surface area contributed by atoms with Crippen LogP contribution in [0.25, 0.3) is 0 Å². The van der Waals surface area contributed by atoms with Crippen molar-refractivity contribution in [2.24, 2.45) is 0 Å². The van der Waals surface area contributed by atoms with Crippen LogP contribution in [0.2, 0.25) is 0 Å². The van der Waals surface area contributed by atoms with Crippen molar-refractivity contribution in [1.82, 2.24) is 19.9 Å². The van der Waals surface area contributed by atoms with Gasteiger partial charge in [-0.1, -0.05) is 18.2 Å². The normalized spacial score (nSPS) is 11.0. The Kier molecular flexibility index (Phi) is 5.51. The highest BCUT2D eigenvalue weighted by molar-refractivity contribution is 5.16. The van der Waals surface area contributed by atoms with E-state index in [2.05, 4.69) is 77.0 Å². The molecule has 0 aliphatic heterocycles. The maximum Gasteiger partial charge on any atom is 0.0544 e. The molecule has 0 aromatic carbocycles. The molecule has 25 heavy (non-hydrogen) atoms. The minimum Gasteiger partial charge on any atom is -0.286 e. The molecule has 0 aliphatic carbocycles. The zero-order valence-electron chi connectivity index (χ0n) is 15.1.